The maximum atomic E-state index is 12.4. The van der Waals surface area contributed by atoms with Gasteiger partial charge in [-0.1, -0.05) is 17.2 Å². The third-order valence-corrected chi connectivity index (χ3v) is 1.42. The molecule has 0 aromatic carbocycles. The first-order chi connectivity index (χ1) is 4.20. The van der Waals surface area contributed by atoms with Crippen LogP contribution in [0.2, 0.25) is 0 Å². The maximum absolute atomic E-state index is 12.4. The molecule has 0 saturated carbocycles. The molecule has 1 aliphatic rings. The SMILES string of the molecule is CC1=CC(F)=C(Cl)NC1. The van der Waals surface area contributed by atoms with Crippen LogP contribution in [0.15, 0.2) is 22.6 Å². The zero-order valence-electron chi connectivity index (χ0n) is 5.04. The summed E-state index contributed by atoms with van der Waals surface area (Å²) in [6.45, 7) is 2.49. The maximum Gasteiger partial charge on any atom is 0.158 e. The van der Waals surface area contributed by atoms with Gasteiger partial charge in [-0.05, 0) is 13.0 Å². The van der Waals surface area contributed by atoms with Gasteiger partial charge in [0.25, 0.3) is 0 Å². The molecule has 0 aromatic heterocycles. The van der Waals surface area contributed by atoms with Crippen molar-refractivity contribution in [3.63, 3.8) is 0 Å². The molecule has 1 rings (SSSR count). The number of hydrogen-bond acceptors (Lipinski definition) is 1. The van der Waals surface area contributed by atoms with E-state index in [1.54, 1.807) is 0 Å². The van der Waals surface area contributed by atoms with E-state index in [2.05, 4.69) is 5.32 Å². The Morgan fingerprint density at radius 1 is 1.78 bits per heavy atom. The second-order valence-electron chi connectivity index (χ2n) is 2.01. The fourth-order valence-corrected chi connectivity index (χ4v) is 0.754. The van der Waals surface area contributed by atoms with Gasteiger partial charge >= 0.3 is 0 Å². The molecular formula is C6H7ClFN. The number of nitrogens with one attached hydrogen (secondary N) is 1. The van der Waals surface area contributed by atoms with E-state index in [0.717, 1.165) is 5.57 Å². The van der Waals surface area contributed by atoms with Crippen LogP contribution in [-0.4, -0.2) is 6.54 Å². The molecule has 9 heavy (non-hydrogen) atoms. The first kappa shape index (κ1) is 6.62. The zero-order valence-corrected chi connectivity index (χ0v) is 5.80. The Morgan fingerprint density at radius 3 is 2.89 bits per heavy atom. The summed E-state index contributed by atoms with van der Waals surface area (Å²) >= 11 is 5.38. The molecule has 0 amide bonds. The van der Waals surface area contributed by atoms with Crippen LogP contribution in [0.3, 0.4) is 0 Å². The minimum atomic E-state index is -0.375. The zero-order chi connectivity index (χ0) is 6.85. The van der Waals surface area contributed by atoms with E-state index in [9.17, 15) is 4.39 Å². The normalized spacial score (nSPS) is 19.2. The number of halogens is 2. The van der Waals surface area contributed by atoms with Gasteiger partial charge < -0.3 is 5.32 Å². The fraction of sp³-hybridized carbons (Fsp3) is 0.333. The number of rotatable bonds is 0. The molecule has 1 nitrogen and oxygen atoms in total. The van der Waals surface area contributed by atoms with Crippen LogP contribution in [0.4, 0.5) is 4.39 Å². The first-order valence-electron chi connectivity index (χ1n) is 2.66. The summed E-state index contributed by atoms with van der Waals surface area (Å²) in [6.07, 6.45) is 1.43. The molecule has 1 heterocycles. The molecule has 0 atom stereocenters. The van der Waals surface area contributed by atoms with E-state index < -0.39 is 0 Å². The summed E-state index contributed by atoms with van der Waals surface area (Å²) in [5.74, 6) is -0.375. The van der Waals surface area contributed by atoms with E-state index in [4.69, 9.17) is 11.6 Å². The van der Waals surface area contributed by atoms with Crippen molar-refractivity contribution in [2.45, 2.75) is 6.92 Å². The van der Waals surface area contributed by atoms with E-state index in [0.29, 0.717) is 6.54 Å². The topological polar surface area (TPSA) is 12.0 Å². The van der Waals surface area contributed by atoms with Crippen molar-refractivity contribution < 1.29 is 4.39 Å². The lowest BCUT2D eigenvalue weighted by Crippen LogP contribution is -2.16. The smallest absolute Gasteiger partial charge is 0.158 e. The minimum Gasteiger partial charge on any atom is -0.370 e. The van der Waals surface area contributed by atoms with Crippen LogP contribution in [0.25, 0.3) is 0 Å². The van der Waals surface area contributed by atoms with E-state index in [-0.39, 0.29) is 11.0 Å². The highest BCUT2D eigenvalue weighted by molar-refractivity contribution is 6.29. The van der Waals surface area contributed by atoms with Gasteiger partial charge in [0.15, 0.2) is 5.83 Å². The van der Waals surface area contributed by atoms with Crippen molar-refractivity contribution in [2.75, 3.05) is 6.54 Å². The summed E-state index contributed by atoms with van der Waals surface area (Å²) in [4.78, 5) is 0. The lowest BCUT2D eigenvalue weighted by molar-refractivity contribution is 0.635. The van der Waals surface area contributed by atoms with E-state index in [1.807, 2.05) is 6.92 Å². The molecule has 1 N–H and O–H groups in total. The highest BCUT2D eigenvalue weighted by Gasteiger charge is 2.06. The van der Waals surface area contributed by atoms with E-state index in [1.165, 1.54) is 6.08 Å². The number of dihydropyridines is 1. The van der Waals surface area contributed by atoms with Gasteiger partial charge in [-0.15, -0.1) is 0 Å². The summed E-state index contributed by atoms with van der Waals surface area (Å²) in [7, 11) is 0. The molecule has 0 radical (unpaired) electrons. The largest absolute Gasteiger partial charge is 0.370 e. The molecule has 0 aromatic rings. The standard InChI is InChI=1S/C6H7ClFN/c1-4-2-5(8)6(7)9-3-4/h2,9H,3H2,1H3. The van der Waals surface area contributed by atoms with Crippen LogP contribution in [0.5, 0.6) is 0 Å². The Balaban J connectivity index is 2.83. The van der Waals surface area contributed by atoms with Crippen molar-refractivity contribution >= 4 is 11.6 Å². The van der Waals surface area contributed by atoms with Gasteiger partial charge in [-0.3, -0.25) is 0 Å². The molecule has 1 aliphatic heterocycles. The highest BCUT2D eigenvalue weighted by atomic mass is 35.5. The molecule has 0 saturated heterocycles. The summed E-state index contributed by atoms with van der Waals surface area (Å²) in [6, 6.07) is 0. The number of hydrogen-bond donors (Lipinski definition) is 1. The van der Waals surface area contributed by atoms with E-state index >= 15 is 0 Å². The van der Waals surface area contributed by atoms with Gasteiger partial charge in [-0.25, -0.2) is 4.39 Å². The molecule has 0 aliphatic carbocycles. The third-order valence-electron chi connectivity index (χ3n) is 1.11. The van der Waals surface area contributed by atoms with Crippen molar-refractivity contribution in [1.29, 1.82) is 0 Å². The van der Waals surface area contributed by atoms with Crippen LogP contribution < -0.4 is 5.32 Å². The summed E-state index contributed by atoms with van der Waals surface area (Å²) in [5.41, 5.74) is 0.955. The Labute approximate surface area is 58.2 Å². The van der Waals surface area contributed by atoms with Crippen LogP contribution in [-0.2, 0) is 0 Å². The molecule has 0 unspecified atom stereocenters. The van der Waals surface area contributed by atoms with Gasteiger partial charge in [-0.2, -0.15) is 0 Å². The Bertz CT molecular complexity index is 183. The van der Waals surface area contributed by atoms with Crippen molar-refractivity contribution in [2.24, 2.45) is 0 Å². The lowest BCUT2D eigenvalue weighted by Gasteiger charge is -2.10. The van der Waals surface area contributed by atoms with Gasteiger partial charge in [0, 0.05) is 6.54 Å². The molecule has 0 spiro atoms. The average molecular weight is 148 g/mol. The highest BCUT2D eigenvalue weighted by Crippen LogP contribution is 2.15. The van der Waals surface area contributed by atoms with Crippen LogP contribution in [0, 0.1) is 0 Å². The molecule has 0 fully saturated rings. The fourth-order valence-electron chi connectivity index (χ4n) is 0.632. The Morgan fingerprint density at radius 2 is 2.44 bits per heavy atom. The molecule has 3 heteroatoms. The lowest BCUT2D eigenvalue weighted by atomic mass is 10.2. The quantitative estimate of drug-likeness (QED) is 0.517. The van der Waals surface area contributed by atoms with Crippen molar-refractivity contribution in [1.82, 2.24) is 5.32 Å². The molecular weight excluding hydrogens is 141 g/mol. The molecule has 50 valence electrons. The third kappa shape index (κ3) is 1.45. The van der Waals surface area contributed by atoms with Crippen LogP contribution >= 0.6 is 11.6 Å². The van der Waals surface area contributed by atoms with Crippen molar-refractivity contribution in [3.8, 4) is 0 Å². The average Bonchev–Trinajstić information content (AvgIpc) is 1.80. The Kier molecular flexibility index (Phi) is 1.76. The summed E-state index contributed by atoms with van der Waals surface area (Å²) < 4.78 is 12.4. The minimum absolute atomic E-state index is 0.112. The second-order valence-corrected chi connectivity index (χ2v) is 2.38. The first-order valence-corrected chi connectivity index (χ1v) is 3.04. The molecule has 0 bridgehead atoms. The Hall–Kier alpha value is -0.500. The van der Waals surface area contributed by atoms with Crippen LogP contribution in [0.1, 0.15) is 6.92 Å². The predicted molar refractivity (Wildman–Crippen MR) is 35.7 cm³/mol. The monoisotopic (exact) mass is 147 g/mol. The van der Waals surface area contributed by atoms with Gasteiger partial charge in [0.1, 0.15) is 5.16 Å². The van der Waals surface area contributed by atoms with Gasteiger partial charge in [0.2, 0.25) is 0 Å². The predicted octanol–water partition coefficient (Wildman–Crippen LogP) is 1.91. The number of allylic oxidation sites excluding steroid dienone is 2. The van der Waals surface area contributed by atoms with Gasteiger partial charge in [0.05, 0.1) is 0 Å². The second kappa shape index (κ2) is 2.40. The van der Waals surface area contributed by atoms with Crippen molar-refractivity contribution in [3.05, 3.63) is 22.6 Å². The summed E-state index contributed by atoms with van der Waals surface area (Å²) in [5, 5.41) is 2.79.